The van der Waals surface area contributed by atoms with Crippen LogP contribution < -0.4 is 0 Å². The molecule has 0 bridgehead atoms. The third-order valence-corrected chi connectivity index (χ3v) is 4.62. The Balaban J connectivity index is 2.25. The second kappa shape index (κ2) is 7.24. The van der Waals surface area contributed by atoms with Gasteiger partial charge >= 0.3 is 0 Å². The lowest BCUT2D eigenvalue weighted by molar-refractivity contribution is 0.372. The van der Waals surface area contributed by atoms with Crippen LogP contribution in [0.1, 0.15) is 11.1 Å². The molecule has 0 atom stereocenters. The maximum Gasteiger partial charge on any atom is 0.126 e. The molecule has 0 radical (unpaired) electrons. The lowest BCUT2D eigenvalue weighted by Crippen LogP contribution is -2.31. The molecule has 2 aromatic carbocycles. The third kappa shape index (κ3) is 4.42. The van der Waals surface area contributed by atoms with E-state index >= 15 is 0 Å². The lowest BCUT2D eigenvalue weighted by atomic mass is 9.79. The zero-order valence-electron chi connectivity index (χ0n) is 11.5. The maximum atomic E-state index is 13.3. The molecule has 0 nitrogen and oxygen atoms in total. The molecule has 0 aliphatic rings. The van der Waals surface area contributed by atoms with E-state index < -0.39 is 17.0 Å². The van der Waals surface area contributed by atoms with Crippen molar-refractivity contribution in [3.63, 3.8) is 0 Å². The fourth-order valence-electron chi connectivity index (χ4n) is 2.46. The number of hydrogen-bond donors (Lipinski definition) is 0. The Bertz CT molecular complexity index is 560. The van der Waals surface area contributed by atoms with Crippen molar-refractivity contribution in [3.8, 4) is 0 Å². The highest BCUT2D eigenvalue weighted by Gasteiger charge is 2.29. The number of halogens is 4. The number of hydrogen-bond acceptors (Lipinski definition) is 0. The molecule has 4 heteroatoms. The van der Waals surface area contributed by atoms with E-state index in [0.29, 0.717) is 30.2 Å². The topological polar surface area (TPSA) is 0 Å². The quantitative estimate of drug-likeness (QED) is 0.638. The van der Waals surface area contributed by atoms with Gasteiger partial charge in [-0.15, -0.1) is 23.2 Å². The molecule has 2 aromatic rings. The summed E-state index contributed by atoms with van der Waals surface area (Å²) in [7, 11) is 0. The van der Waals surface area contributed by atoms with Crippen molar-refractivity contribution >= 4 is 23.2 Å². The molecule has 0 aromatic heterocycles. The summed E-state index contributed by atoms with van der Waals surface area (Å²) in [4.78, 5) is 0. The molecule has 0 fully saturated rings. The molecule has 2 rings (SSSR count). The Labute approximate surface area is 133 Å². The van der Waals surface area contributed by atoms with Gasteiger partial charge in [-0.25, -0.2) is 8.78 Å². The van der Waals surface area contributed by atoms with Crippen LogP contribution in [0.25, 0.3) is 0 Å². The SMILES string of the molecule is Fc1cc(F)cc(CC(CCl)(CCl)Cc2ccccc2)c1. The molecule has 0 heterocycles. The predicted octanol–water partition coefficient (Wildman–Crippen LogP) is 5.21. The van der Waals surface area contributed by atoms with E-state index in [4.69, 9.17) is 23.2 Å². The normalized spacial score (nSPS) is 11.6. The van der Waals surface area contributed by atoms with Crippen LogP contribution in [0.15, 0.2) is 48.5 Å². The summed E-state index contributed by atoms with van der Waals surface area (Å²) in [6.45, 7) is 0. The summed E-state index contributed by atoms with van der Waals surface area (Å²) >= 11 is 12.3. The van der Waals surface area contributed by atoms with E-state index in [1.165, 1.54) is 12.1 Å². The molecule has 0 spiro atoms. The summed E-state index contributed by atoms with van der Waals surface area (Å²) in [6.07, 6.45) is 1.10. The molecule has 0 aliphatic heterocycles. The van der Waals surface area contributed by atoms with E-state index in [1.54, 1.807) is 0 Å². The number of benzene rings is 2. The average molecular weight is 329 g/mol. The summed E-state index contributed by atoms with van der Waals surface area (Å²) in [5, 5.41) is 0. The molecule has 0 amide bonds. The van der Waals surface area contributed by atoms with Crippen LogP contribution in [-0.4, -0.2) is 11.8 Å². The van der Waals surface area contributed by atoms with Gasteiger partial charge in [-0.2, -0.15) is 0 Å². The molecule has 0 N–H and O–H groups in total. The van der Waals surface area contributed by atoms with Gasteiger partial charge in [0.1, 0.15) is 11.6 Å². The van der Waals surface area contributed by atoms with Crippen molar-refractivity contribution in [2.75, 3.05) is 11.8 Å². The lowest BCUT2D eigenvalue weighted by Gasteiger charge is -2.30. The van der Waals surface area contributed by atoms with Gasteiger partial charge in [0.2, 0.25) is 0 Å². The highest BCUT2D eigenvalue weighted by atomic mass is 35.5. The molecule has 0 saturated carbocycles. The van der Waals surface area contributed by atoms with Gasteiger partial charge < -0.3 is 0 Å². The molecule has 112 valence electrons. The summed E-state index contributed by atoms with van der Waals surface area (Å²) in [5.41, 5.74) is 1.26. The first-order valence-corrected chi connectivity index (χ1v) is 7.75. The highest BCUT2D eigenvalue weighted by Crippen LogP contribution is 2.31. The largest absolute Gasteiger partial charge is 0.207 e. The van der Waals surface area contributed by atoms with Gasteiger partial charge in [-0.3, -0.25) is 0 Å². The van der Waals surface area contributed by atoms with E-state index in [-0.39, 0.29) is 0 Å². The van der Waals surface area contributed by atoms with Crippen LogP contribution >= 0.6 is 23.2 Å². The molecule has 21 heavy (non-hydrogen) atoms. The predicted molar refractivity (Wildman–Crippen MR) is 84.1 cm³/mol. The maximum absolute atomic E-state index is 13.3. The second-order valence-electron chi connectivity index (χ2n) is 5.38. The van der Waals surface area contributed by atoms with E-state index in [0.717, 1.165) is 11.6 Å². The van der Waals surface area contributed by atoms with Crippen LogP contribution in [0.2, 0.25) is 0 Å². The van der Waals surface area contributed by atoms with Crippen molar-refractivity contribution in [1.29, 1.82) is 0 Å². The van der Waals surface area contributed by atoms with Crippen molar-refractivity contribution in [2.45, 2.75) is 12.8 Å². The average Bonchev–Trinajstić information content (AvgIpc) is 2.46. The Morgan fingerprint density at radius 2 is 1.29 bits per heavy atom. The zero-order valence-corrected chi connectivity index (χ0v) is 13.0. The van der Waals surface area contributed by atoms with Gasteiger partial charge in [0, 0.05) is 23.2 Å². The number of rotatable bonds is 6. The molecule has 0 saturated heterocycles. The van der Waals surface area contributed by atoms with Crippen LogP contribution in [-0.2, 0) is 12.8 Å². The standard InChI is InChI=1S/C17H16Cl2F2/c18-11-17(12-19,9-13-4-2-1-3-5-13)10-14-6-15(20)8-16(21)7-14/h1-8H,9-12H2. The molecule has 0 unspecified atom stereocenters. The fraction of sp³-hybridized carbons (Fsp3) is 0.294. The molecular weight excluding hydrogens is 313 g/mol. The molecular formula is C17H16Cl2F2. The van der Waals surface area contributed by atoms with Gasteiger partial charge in [-0.05, 0) is 36.1 Å². The molecule has 0 aliphatic carbocycles. The second-order valence-corrected chi connectivity index (χ2v) is 5.92. The van der Waals surface area contributed by atoms with E-state index in [1.807, 2.05) is 30.3 Å². The fourth-order valence-corrected chi connectivity index (χ4v) is 3.13. The minimum Gasteiger partial charge on any atom is -0.207 e. The minimum atomic E-state index is -0.581. The first-order chi connectivity index (χ1) is 10.1. The minimum absolute atomic E-state index is 0.323. The number of alkyl halides is 2. The van der Waals surface area contributed by atoms with Crippen molar-refractivity contribution in [1.82, 2.24) is 0 Å². The van der Waals surface area contributed by atoms with Gasteiger partial charge in [0.05, 0.1) is 0 Å². The Kier molecular flexibility index (Phi) is 5.60. The van der Waals surface area contributed by atoms with Gasteiger partial charge in [0.25, 0.3) is 0 Å². The van der Waals surface area contributed by atoms with E-state index in [2.05, 4.69) is 0 Å². The smallest absolute Gasteiger partial charge is 0.126 e. The Morgan fingerprint density at radius 3 is 1.81 bits per heavy atom. The van der Waals surface area contributed by atoms with Crippen molar-refractivity contribution in [3.05, 3.63) is 71.3 Å². The van der Waals surface area contributed by atoms with Crippen LogP contribution in [0.3, 0.4) is 0 Å². The van der Waals surface area contributed by atoms with E-state index in [9.17, 15) is 8.78 Å². The first-order valence-electron chi connectivity index (χ1n) is 6.68. The van der Waals surface area contributed by atoms with Gasteiger partial charge in [-0.1, -0.05) is 30.3 Å². The third-order valence-electron chi connectivity index (χ3n) is 3.49. The van der Waals surface area contributed by atoms with Crippen molar-refractivity contribution < 1.29 is 8.78 Å². The van der Waals surface area contributed by atoms with Gasteiger partial charge in [0.15, 0.2) is 0 Å². The zero-order chi connectivity index (χ0) is 15.3. The van der Waals surface area contributed by atoms with Crippen LogP contribution in [0, 0.1) is 17.0 Å². The van der Waals surface area contributed by atoms with Crippen LogP contribution in [0.5, 0.6) is 0 Å². The van der Waals surface area contributed by atoms with Crippen molar-refractivity contribution in [2.24, 2.45) is 5.41 Å². The Hall–Kier alpha value is -1.12. The highest BCUT2D eigenvalue weighted by molar-refractivity contribution is 6.21. The summed E-state index contributed by atoms with van der Waals surface area (Å²) < 4.78 is 26.7. The summed E-state index contributed by atoms with van der Waals surface area (Å²) in [5.74, 6) is -0.516. The monoisotopic (exact) mass is 328 g/mol. The summed E-state index contributed by atoms with van der Waals surface area (Å²) in [6, 6.07) is 13.4. The first kappa shape index (κ1) is 16.3. The Morgan fingerprint density at radius 1 is 0.762 bits per heavy atom. The van der Waals surface area contributed by atoms with Crippen LogP contribution in [0.4, 0.5) is 8.78 Å².